The molecule has 0 saturated heterocycles. The number of hydrogen-bond acceptors (Lipinski definition) is 3. The molecule has 0 radical (unpaired) electrons. The quantitative estimate of drug-likeness (QED) is 0.785. The zero-order valence-corrected chi connectivity index (χ0v) is 11.3. The maximum absolute atomic E-state index is 10.9. The van der Waals surface area contributed by atoms with Crippen LogP contribution in [-0.2, 0) is 0 Å². The molecule has 0 aliphatic heterocycles. The second-order valence-corrected chi connectivity index (χ2v) is 4.26. The molecule has 98 valence electrons. The number of hydrogen-bond donors (Lipinski definition) is 0. The molecule has 0 bridgehead atoms. The second-order valence-electron chi connectivity index (χ2n) is 4.26. The van der Waals surface area contributed by atoms with E-state index in [-0.39, 0.29) is 0 Å². The van der Waals surface area contributed by atoms with Crippen molar-refractivity contribution in [3.8, 4) is 22.6 Å². The highest BCUT2D eigenvalue weighted by Gasteiger charge is 2.10. The van der Waals surface area contributed by atoms with Gasteiger partial charge in [-0.05, 0) is 36.2 Å². The summed E-state index contributed by atoms with van der Waals surface area (Å²) in [5, 5.41) is 0. The standard InChI is InChI=1S/C16H16O3/c1-11-4-5-12(10-17)8-15(11)14-7-6-13(18-2)9-16(14)19-3/h4-10H,1-3H3. The van der Waals surface area contributed by atoms with E-state index < -0.39 is 0 Å². The normalized spacial score (nSPS) is 10.1. The zero-order chi connectivity index (χ0) is 13.8. The summed E-state index contributed by atoms with van der Waals surface area (Å²) in [6, 6.07) is 11.3. The SMILES string of the molecule is COc1ccc(-c2cc(C=O)ccc2C)c(OC)c1. The highest BCUT2D eigenvalue weighted by atomic mass is 16.5. The van der Waals surface area contributed by atoms with E-state index in [0.717, 1.165) is 34.5 Å². The third-order valence-electron chi connectivity index (χ3n) is 3.10. The minimum absolute atomic E-state index is 0.651. The first-order valence-electron chi connectivity index (χ1n) is 5.98. The molecule has 0 fully saturated rings. The lowest BCUT2D eigenvalue weighted by atomic mass is 9.97. The molecule has 0 aliphatic carbocycles. The van der Waals surface area contributed by atoms with Crippen LogP contribution < -0.4 is 9.47 Å². The lowest BCUT2D eigenvalue weighted by Gasteiger charge is -2.13. The van der Waals surface area contributed by atoms with Gasteiger partial charge in [0.1, 0.15) is 17.8 Å². The summed E-state index contributed by atoms with van der Waals surface area (Å²) in [7, 11) is 3.24. The Morgan fingerprint density at radius 2 is 1.74 bits per heavy atom. The van der Waals surface area contributed by atoms with Gasteiger partial charge in [-0.1, -0.05) is 12.1 Å². The lowest BCUT2D eigenvalue weighted by molar-refractivity contribution is 0.112. The van der Waals surface area contributed by atoms with Gasteiger partial charge in [-0.3, -0.25) is 4.79 Å². The van der Waals surface area contributed by atoms with Gasteiger partial charge in [0.15, 0.2) is 0 Å². The van der Waals surface area contributed by atoms with Gasteiger partial charge >= 0.3 is 0 Å². The van der Waals surface area contributed by atoms with Crippen LogP contribution >= 0.6 is 0 Å². The number of ether oxygens (including phenoxy) is 2. The van der Waals surface area contributed by atoms with Crippen LogP contribution in [0.3, 0.4) is 0 Å². The maximum atomic E-state index is 10.9. The van der Waals surface area contributed by atoms with Crippen LogP contribution in [0.5, 0.6) is 11.5 Å². The topological polar surface area (TPSA) is 35.5 Å². The summed E-state index contributed by atoms with van der Waals surface area (Å²) in [6.07, 6.45) is 0.846. The van der Waals surface area contributed by atoms with Gasteiger partial charge in [-0.2, -0.15) is 0 Å². The minimum atomic E-state index is 0.651. The summed E-state index contributed by atoms with van der Waals surface area (Å²) < 4.78 is 10.6. The maximum Gasteiger partial charge on any atom is 0.150 e. The number of aldehydes is 1. The Morgan fingerprint density at radius 3 is 2.37 bits per heavy atom. The molecule has 0 aromatic heterocycles. The van der Waals surface area contributed by atoms with Crippen molar-refractivity contribution in [2.75, 3.05) is 14.2 Å². The molecule has 2 rings (SSSR count). The second kappa shape index (κ2) is 5.57. The van der Waals surface area contributed by atoms with Gasteiger partial charge in [0.05, 0.1) is 14.2 Å². The zero-order valence-electron chi connectivity index (χ0n) is 11.3. The Bertz CT molecular complexity index is 603. The van der Waals surface area contributed by atoms with Crippen LogP contribution in [0, 0.1) is 6.92 Å². The van der Waals surface area contributed by atoms with Gasteiger partial charge < -0.3 is 9.47 Å². The third-order valence-corrected chi connectivity index (χ3v) is 3.10. The summed E-state index contributed by atoms with van der Waals surface area (Å²) >= 11 is 0. The molecule has 0 heterocycles. The van der Waals surface area contributed by atoms with Crippen molar-refractivity contribution in [3.63, 3.8) is 0 Å². The molecule has 3 nitrogen and oxygen atoms in total. The van der Waals surface area contributed by atoms with Crippen molar-refractivity contribution in [1.82, 2.24) is 0 Å². The Hall–Kier alpha value is -2.29. The molecule has 3 heteroatoms. The van der Waals surface area contributed by atoms with E-state index in [1.165, 1.54) is 0 Å². The monoisotopic (exact) mass is 256 g/mol. The first-order chi connectivity index (χ1) is 9.19. The van der Waals surface area contributed by atoms with Crippen molar-refractivity contribution < 1.29 is 14.3 Å². The van der Waals surface area contributed by atoms with Crippen LogP contribution in [0.2, 0.25) is 0 Å². The summed E-state index contributed by atoms with van der Waals surface area (Å²) in [5.74, 6) is 1.47. The molecular weight excluding hydrogens is 240 g/mol. The number of carbonyl (C=O) groups excluding carboxylic acids is 1. The van der Waals surface area contributed by atoms with E-state index in [0.29, 0.717) is 5.56 Å². The van der Waals surface area contributed by atoms with Gasteiger partial charge in [0, 0.05) is 17.2 Å². The van der Waals surface area contributed by atoms with Gasteiger partial charge in [-0.25, -0.2) is 0 Å². The molecule has 2 aromatic rings. The Morgan fingerprint density at radius 1 is 0.947 bits per heavy atom. The Labute approximate surface area is 112 Å². The van der Waals surface area contributed by atoms with Crippen LogP contribution in [-0.4, -0.2) is 20.5 Å². The van der Waals surface area contributed by atoms with E-state index in [2.05, 4.69) is 0 Å². The Kier molecular flexibility index (Phi) is 3.85. The smallest absolute Gasteiger partial charge is 0.150 e. The van der Waals surface area contributed by atoms with E-state index >= 15 is 0 Å². The minimum Gasteiger partial charge on any atom is -0.497 e. The molecule has 0 atom stereocenters. The molecule has 2 aromatic carbocycles. The van der Waals surface area contributed by atoms with Crippen molar-refractivity contribution in [1.29, 1.82) is 0 Å². The van der Waals surface area contributed by atoms with Crippen LogP contribution in [0.15, 0.2) is 36.4 Å². The van der Waals surface area contributed by atoms with E-state index in [1.807, 2.05) is 43.3 Å². The molecule has 0 spiro atoms. The van der Waals surface area contributed by atoms with Crippen molar-refractivity contribution in [3.05, 3.63) is 47.5 Å². The average Bonchev–Trinajstić information content (AvgIpc) is 2.47. The molecule has 0 aliphatic rings. The summed E-state index contributed by atoms with van der Waals surface area (Å²) in [5.41, 5.74) is 3.68. The molecule has 0 N–H and O–H groups in total. The predicted molar refractivity (Wildman–Crippen MR) is 75.1 cm³/mol. The van der Waals surface area contributed by atoms with E-state index in [4.69, 9.17) is 9.47 Å². The van der Waals surface area contributed by atoms with Gasteiger partial charge in [0.25, 0.3) is 0 Å². The van der Waals surface area contributed by atoms with Gasteiger partial charge in [0.2, 0.25) is 0 Å². The number of aryl methyl sites for hydroxylation is 1. The number of rotatable bonds is 4. The highest BCUT2D eigenvalue weighted by Crippen LogP contribution is 2.35. The molecule has 19 heavy (non-hydrogen) atoms. The first-order valence-corrected chi connectivity index (χ1v) is 5.98. The largest absolute Gasteiger partial charge is 0.497 e. The number of carbonyl (C=O) groups is 1. The predicted octanol–water partition coefficient (Wildman–Crippen LogP) is 3.49. The molecule has 0 saturated carbocycles. The molecular formula is C16H16O3. The fourth-order valence-electron chi connectivity index (χ4n) is 2.02. The highest BCUT2D eigenvalue weighted by molar-refractivity contribution is 5.82. The fourth-order valence-corrected chi connectivity index (χ4v) is 2.02. The van der Waals surface area contributed by atoms with E-state index in [9.17, 15) is 4.79 Å². The molecule has 0 unspecified atom stereocenters. The van der Waals surface area contributed by atoms with Gasteiger partial charge in [-0.15, -0.1) is 0 Å². The summed E-state index contributed by atoms with van der Waals surface area (Å²) in [6.45, 7) is 2.01. The molecule has 0 amide bonds. The lowest BCUT2D eigenvalue weighted by Crippen LogP contribution is -1.93. The fraction of sp³-hybridized carbons (Fsp3) is 0.188. The van der Waals surface area contributed by atoms with Crippen molar-refractivity contribution in [2.45, 2.75) is 6.92 Å². The van der Waals surface area contributed by atoms with Crippen LogP contribution in [0.25, 0.3) is 11.1 Å². The number of methoxy groups -OCH3 is 2. The first kappa shape index (κ1) is 13.1. The summed E-state index contributed by atoms with van der Waals surface area (Å²) in [4.78, 5) is 10.9. The van der Waals surface area contributed by atoms with E-state index in [1.54, 1.807) is 14.2 Å². The van der Waals surface area contributed by atoms with Crippen LogP contribution in [0.1, 0.15) is 15.9 Å². The van der Waals surface area contributed by atoms with Crippen molar-refractivity contribution in [2.24, 2.45) is 0 Å². The Balaban J connectivity index is 2.60. The average molecular weight is 256 g/mol. The third kappa shape index (κ3) is 2.60. The number of benzene rings is 2. The van der Waals surface area contributed by atoms with Crippen molar-refractivity contribution >= 4 is 6.29 Å². The van der Waals surface area contributed by atoms with Crippen LogP contribution in [0.4, 0.5) is 0 Å².